The number of benzene rings is 2. The number of rotatable bonds is 7. The number of methoxy groups -OCH3 is 1. The van der Waals surface area contributed by atoms with Crippen LogP contribution in [0.5, 0.6) is 11.5 Å². The van der Waals surface area contributed by atoms with Crippen LogP contribution in [0.2, 0.25) is 0 Å². The number of non-ortho nitro benzene ring substituents is 1. The number of halogens is 2. The fourth-order valence-electron chi connectivity index (χ4n) is 2.56. The zero-order chi connectivity index (χ0) is 21.8. The lowest BCUT2D eigenvalue weighted by atomic mass is 10.2. The Labute approximate surface area is 168 Å². The molecule has 1 aromatic heterocycles. The van der Waals surface area contributed by atoms with Crippen molar-refractivity contribution in [2.45, 2.75) is 13.5 Å². The minimum absolute atomic E-state index is 0.0731. The van der Waals surface area contributed by atoms with Crippen molar-refractivity contribution in [2.24, 2.45) is 0 Å². The molecule has 0 saturated carbocycles. The molecule has 0 spiro atoms. The Bertz CT molecular complexity index is 1120. The molecule has 0 aliphatic rings. The molecule has 0 aliphatic carbocycles. The highest BCUT2D eigenvalue weighted by molar-refractivity contribution is 6.04. The number of nitro groups is 1. The lowest BCUT2D eigenvalue weighted by Gasteiger charge is -2.10. The van der Waals surface area contributed by atoms with Crippen molar-refractivity contribution in [2.75, 3.05) is 12.4 Å². The first kappa shape index (κ1) is 20.7. The maximum Gasteiger partial charge on any atom is 0.278 e. The number of anilines is 1. The van der Waals surface area contributed by atoms with Gasteiger partial charge in [-0.3, -0.25) is 14.9 Å². The maximum absolute atomic E-state index is 13.8. The van der Waals surface area contributed by atoms with Gasteiger partial charge in [0.05, 0.1) is 29.4 Å². The number of nitro benzene ring substituents is 1. The monoisotopic (exact) mass is 419 g/mol. The van der Waals surface area contributed by atoms with Gasteiger partial charge in [-0.15, -0.1) is 0 Å². The van der Waals surface area contributed by atoms with Gasteiger partial charge in [-0.25, -0.2) is 8.78 Å². The predicted octanol–water partition coefficient (Wildman–Crippen LogP) is 4.01. The molecule has 1 heterocycles. The minimum atomic E-state index is -0.897. The van der Waals surface area contributed by atoms with Gasteiger partial charge >= 0.3 is 0 Å². The van der Waals surface area contributed by atoms with Crippen LogP contribution in [0.15, 0.2) is 40.9 Å². The average Bonchev–Trinajstić information content (AvgIpc) is 3.08. The summed E-state index contributed by atoms with van der Waals surface area (Å²) in [5.41, 5.74) is 0.0790. The molecule has 156 valence electrons. The number of nitrogens with zero attached hydrogens (tertiary/aromatic N) is 2. The van der Waals surface area contributed by atoms with Crippen LogP contribution >= 0.6 is 0 Å². The van der Waals surface area contributed by atoms with E-state index in [1.54, 1.807) is 0 Å². The SMILES string of the molecule is COc1cc([N+](=O)[O-])ccc1NC(=O)c1noc(C)c1COc1ccc(F)cc1F. The van der Waals surface area contributed by atoms with Crippen molar-refractivity contribution in [3.63, 3.8) is 0 Å². The van der Waals surface area contributed by atoms with Crippen molar-refractivity contribution in [1.82, 2.24) is 5.16 Å². The number of amides is 1. The second-order valence-corrected chi connectivity index (χ2v) is 6.03. The van der Waals surface area contributed by atoms with Crippen molar-refractivity contribution in [3.8, 4) is 11.5 Å². The minimum Gasteiger partial charge on any atom is -0.494 e. The van der Waals surface area contributed by atoms with Gasteiger partial charge in [0.25, 0.3) is 11.6 Å². The molecule has 2 aromatic carbocycles. The molecule has 1 N–H and O–H groups in total. The number of hydrogen-bond acceptors (Lipinski definition) is 7. The van der Waals surface area contributed by atoms with Gasteiger partial charge in [0.1, 0.15) is 23.9 Å². The molecule has 0 saturated heterocycles. The van der Waals surface area contributed by atoms with Crippen LogP contribution in [0, 0.1) is 28.7 Å². The molecule has 0 atom stereocenters. The topological polar surface area (TPSA) is 117 Å². The molecule has 30 heavy (non-hydrogen) atoms. The summed E-state index contributed by atoms with van der Waals surface area (Å²) in [7, 11) is 1.30. The van der Waals surface area contributed by atoms with E-state index in [2.05, 4.69) is 10.5 Å². The van der Waals surface area contributed by atoms with Gasteiger partial charge in [-0.1, -0.05) is 5.16 Å². The number of carbonyl (C=O) groups is 1. The molecule has 1 amide bonds. The fraction of sp³-hybridized carbons (Fsp3) is 0.158. The quantitative estimate of drug-likeness (QED) is 0.454. The normalized spacial score (nSPS) is 10.5. The highest BCUT2D eigenvalue weighted by Gasteiger charge is 2.22. The van der Waals surface area contributed by atoms with Gasteiger partial charge in [0.15, 0.2) is 17.3 Å². The zero-order valence-corrected chi connectivity index (χ0v) is 15.8. The van der Waals surface area contributed by atoms with Crippen LogP contribution in [0.25, 0.3) is 0 Å². The molecule has 0 unspecified atom stereocenters. The Kier molecular flexibility index (Phi) is 5.90. The highest BCUT2D eigenvalue weighted by Crippen LogP contribution is 2.30. The van der Waals surface area contributed by atoms with Crippen molar-refractivity contribution in [1.29, 1.82) is 0 Å². The predicted molar refractivity (Wildman–Crippen MR) is 99.5 cm³/mol. The Morgan fingerprint density at radius 3 is 2.67 bits per heavy atom. The second kappa shape index (κ2) is 8.55. The van der Waals surface area contributed by atoms with Crippen LogP contribution in [-0.4, -0.2) is 23.1 Å². The third-order valence-corrected chi connectivity index (χ3v) is 4.11. The van der Waals surface area contributed by atoms with Crippen LogP contribution in [0.1, 0.15) is 21.8 Å². The Balaban J connectivity index is 1.80. The standard InChI is InChI=1S/C19H15F2N3O6/c1-10-13(9-29-16-6-3-11(20)7-14(16)21)18(23-30-10)19(25)22-15-5-4-12(24(26)27)8-17(15)28-2/h3-8H,9H2,1-2H3,(H,22,25). The smallest absolute Gasteiger partial charge is 0.278 e. The Morgan fingerprint density at radius 2 is 2.00 bits per heavy atom. The van der Waals surface area contributed by atoms with Gasteiger partial charge < -0.3 is 19.3 Å². The third kappa shape index (κ3) is 4.35. The van der Waals surface area contributed by atoms with Crippen LogP contribution in [0.4, 0.5) is 20.2 Å². The average molecular weight is 419 g/mol. The van der Waals surface area contributed by atoms with Crippen molar-refractivity contribution < 1.29 is 32.5 Å². The van der Waals surface area contributed by atoms with Crippen molar-refractivity contribution >= 4 is 17.3 Å². The molecular formula is C19H15F2N3O6. The number of ether oxygens (including phenoxy) is 2. The Hall–Kier alpha value is -4.02. The highest BCUT2D eigenvalue weighted by atomic mass is 19.1. The summed E-state index contributed by atoms with van der Waals surface area (Å²) in [5.74, 6) is -2.22. The molecule has 0 fully saturated rings. The maximum atomic E-state index is 13.8. The third-order valence-electron chi connectivity index (χ3n) is 4.11. The number of hydrogen-bond donors (Lipinski definition) is 1. The summed E-state index contributed by atoms with van der Waals surface area (Å²) in [4.78, 5) is 22.9. The molecule has 0 aliphatic heterocycles. The number of nitrogens with one attached hydrogen (secondary N) is 1. The zero-order valence-electron chi connectivity index (χ0n) is 15.8. The summed E-state index contributed by atoms with van der Waals surface area (Å²) < 4.78 is 42.2. The lowest BCUT2D eigenvalue weighted by molar-refractivity contribution is -0.384. The Morgan fingerprint density at radius 1 is 1.23 bits per heavy atom. The van der Waals surface area contributed by atoms with Gasteiger partial charge in [0, 0.05) is 12.1 Å². The molecule has 3 rings (SSSR count). The first-order valence-electron chi connectivity index (χ1n) is 8.47. The van der Waals surface area contributed by atoms with Gasteiger partial charge in [-0.05, 0) is 25.1 Å². The summed E-state index contributed by atoms with van der Waals surface area (Å²) in [5, 5.41) is 17.1. The molecule has 11 heteroatoms. The van der Waals surface area contributed by atoms with E-state index in [1.807, 2.05) is 0 Å². The number of aryl methyl sites for hydroxylation is 1. The van der Waals surface area contributed by atoms with Gasteiger partial charge in [-0.2, -0.15) is 0 Å². The molecule has 3 aromatic rings. The fourth-order valence-corrected chi connectivity index (χ4v) is 2.56. The van der Waals surface area contributed by atoms with E-state index < -0.39 is 22.5 Å². The van der Waals surface area contributed by atoms with E-state index in [0.717, 1.165) is 18.2 Å². The second-order valence-electron chi connectivity index (χ2n) is 6.03. The largest absolute Gasteiger partial charge is 0.494 e. The van der Waals surface area contributed by atoms with E-state index in [0.29, 0.717) is 6.07 Å². The van der Waals surface area contributed by atoms with Crippen LogP contribution in [-0.2, 0) is 6.61 Å². The molecule has 0 radical (unpaired) electrons. The molecule has 9 nitrogen and oxygen atoms in total. The van der Waals surface area contributed by atoms with Gasteiger partial charge in [0.2, 0.25) is 0 Å². The first-order chi connectivity index (χ1) is 14.3. The van der Waals surface area contributed by atoms with Crippen LogP contribution in [0.3, 0.4) is 0 Å². The lowest BCUT2D eigenvalue weighted by Crippen LogP contribution is -2.16. The van der Waals surface area contributed by atoms with E-state index in [9.17, 15) is 23.7 Å². The number of aromatic nitrogens is 1. The number of carbonyl (C=O) groups excluding carboxylic acids is 1. The first-order valence-corrected chi connectivity index (χ1v) is 8.47. The summed E-state index contributed by atoms with van der Waals surface area (Å²) in [6, 6.07) is 6.50. The van der Waals surface area contributed by atoms with Crippen molar-refractivity contribution in [3.05, 3.63) is 75.2 Å². The van der Waals surface area contributed by atoms with E-state index >= 15 is 0 Å². The summed E-state index contributed by atoms with van der Waals surface area (Å²) >= 11 is 0. The summed E-state index contributed by atoms with van der Waals surface area (Å²) in [6.07, 6.45) is 0. The molecular weight excluding hydrogens is 404 g/mol. The van der Waals surface area contributed by atoms with E-state index in [1.165, 1.54) is 26.2 Å². The van der Waals surface area contributed by atoms with E-state index in [-0.39, 0.29) is 46.5 Å². The van der Waals surface area contributed by atoms with E-state index in [4.69, 9.17) is 14.0 Å². The molecule has 0 bridgehead atoms. The summed E-state index contributed by atoms with van der Waals surface area (Å²) in [6.45, 7) is 1.27. The van der Waals surface area contributed by atoms with Crippen LogP contribution < -0.4 is 14.8 Å².